The molecule has 0 aliphatic carbocycles. The lowest BCUT2D eigenvalue weighted by Crippen LogP contribution is -2.41. The molecule has 1 aliphatic rings. The fourth-order valence-electron chi connectivity index (χ4n) is 2.23. The molecule has 1 N–H and O–H groups in total. The third-order valence-electron chi connectivity index (χ3n) is 3.38. The van der Waals surface area contributed by atoms with Crippen LogP contribution in [0.15, 0.2) is 18.2 Å². The van der Waals surface area contributed by atoms with Crippen molar-refractivity contribution in [2.24, 2.45) is 0 Å². The molecule has 1 saturated heterocycles. The molecule has 2 rings (SSSR count). The van der Waals surface area contributed by atoms with Crippen LogP contribution in [-0.4, -0.2) is 30.9 Å². The normalized spacial score (nSPS) is 22.5. The van der Waals surface area contributed by atoms with E-state index in [2.05, 4.69) is 26.1 Å². The van der Waals surface area contributed by atoms with Gasteiger partial charge in [0.1, 0.15) is 18.2 Å². The van der Waals surface area contributed by atoms with Crippen LogP contribution >= 0.6 is 11.6 Å². The molecule has 0 spiro atoms. The second-order valence-corrected chi connectivity index (χ2v) is 6.88. The summed E-state index contributed by atoms with van der Waals surface area (Å²) >= 11 is 5.72. The topological polar surface area (TPSA) is 30.5 Å². The lowest BCUT2D eigenvalue weighted by Gasteiger charge is -2.23. The molecule has 0 bridgehead atoms. The summed E-state index contributed by atoms with van der Waals surface area (Å²) in [6.07, 6.45) is 2.32. The van der Waals surface area contributed by atoms with Crippen LogP contribution in [0.25, 0.3) is 0 Å². The average Bonchev–Trinajstić information content (AvgIpc) is 2.85. The summed E-state index contributed by atoms with van der Waals surface area (Å²) in [7, 11) is 0. The van der Waals surface area contributed by atoms with Crippen molar-refractivity contribution in [1.82, 2.24) is 5.32 Å². The molecule has 1 aliphatic heterocycles. The van der Waals surface area contributed by atoms with Gasteiger partial charge in [-0.1, -0.05) is 11.6 Å². The highest BCUT2D eigenvalue weighted by Crippen LogP contribution is 2.24. The first kappa shape index (κ1) is 16.5. The summed E-state index contributed by atoms with van der Waals surface area (Å²) in [5.41, 5.74) is 0.100. The van der Waals surface area contributed by atoms with Crippen molar-refractivity contribution in [2.45, 2.75) is 51.4 Å². The summed E-state index contributed by atoms with van der Waals surface area (Å²) in [6.45, 7) is 7.73. The van der Waals surface area contributed by atoms with E-state index in [1.165, 1.54) is 12.1 Å². The molecule has 2 atom stereocenters. The molecular weight excluding hydrogens is 293 g/mol. The van der Waals surface area contributed by atoms with Crippen LogP contribution in [-0.2, 0) is 4.74 Å². The highest BCUT2D eigenvalue weighted by molar-refractivity contribution is 6.30. The molecule has 1 heterocycles. The molecule has 0 aromatic heterocycles. The van der Waals surface area contributed by atoms with Gasteiger partial charge in [0.2, 0.25) is 0 Å². The summed E-state index contributed by atoms with van der Waals surface area (Å²) in [4.78, 5) is 0. The van der Waals surface area contributed by atoms with Crippen molar-refractivity contribution in [3.8, 4) is 5.75 Å². The minimum Gasteiger partial charge on any atom is -0.491 e. The first-order valence-corrected chi connectivity index (χ1v) is 7.69. The highest BCUT2D eigenvalue weighted by atomic mass is 35.5. The Morgan fingerprint density at radius 1 is 1.33 bits per heavy atom. The fraction of sp³-hybridized carbons (Fsp3) is 0.625. The van der Waals surface area contributed by atoms with Gasteiger partial charge in [0, 0.05) is 18.2 Å². The summed E-state index contributed by atoms with van der Waals surface area (Å²) in [5, 5.41) is 3.52. The number of nitrogens with one attached hydrogen (secondary N) is 1. The molecule has 1 fully saturated rings. The zero-order valence-electron chi connectivity index (χ0n) is 12.8. The number of rotatable bonds is 5. The van der Waals surface area contributed by atoms with E-state index in [4.69, 9.17) is 21.1 Å². The molecule has 3 nitrogen and oxygen atoms in total. The van der Waals surface area contributed by atoms with Crippen LogP contribution in [0, 0.1) is 5.82 Å². The Kier molecular flexibility index (Phi) is 5.47. The molecule has 0 amide bonds. The largest absolute Gasteiger partial charge is 0.491 e. The van der Waals surface area contributed by atoms with E-state index in [-0.39, 0.29) is 22.8 Å². The van der Waals surface area contributed by atoms with Gasteiger partial charge in [0.15, 0.2) is 0 Å². The Labute approximate surface area is 130 Å². The van der Waals surface area contributed by atoms with Gasteiger partial charge < -0.3 is 14.8 Å². The van der Waals surface area contributed by atoms with Gasteiger partial charge in [-0.25, -0.2) is 4.39 Å². The van der Waals surface area contributed by atoms with Crippen LogP contribution in [0.1, 0.15) is 33.6 Å². The molecule has 1 aromatic carbocycles. The zero-order chi connectivity index (χ0) is 15.5. The standard InChI is InChI=1S/C16H23ClFNO2/c1-16(2,3)19-9-12-4-5-13(21-12)10-20-11-6-7-15(18)14(17)8-11/h6-8,12-13,19H,4-5,9-10H2,1-3H3. The molecule has 0 radical (unpaired) electrons. The number of hydrogen-bond donors (Lipinski definition) is 1. The van der Waals surface area contributed by atoms with E-state index in [9.17, 15) is 4.39 Å². The molecule has 0 saturated carbocycles. The van der Waals surface area contributed by atoms with Gasteiger partial charge in [-0.15, -0.1) is 0 Å². The predicted molar refractivity (Wildman–Crippen MR) is 82.6 cm³/mol. The first-order chi connectivity index (χ1) is 9.83. The molecule has 2 unspecified atom stereocenters. The molecule has 118 valence electrons. The van der Waals surface area contributed by atoms with Crippen LogP contribution in [0.4, 0.5) is 4.39 Å². The maximum Gasteiger partial charge on any atom is 0.142 e. The number of halogens is 2. The third kappa shape index (κ3) is 5.46. The zero-order valence-corrected chi connectivity index (χ0v) is 13.5. The van der Waals surface area contributed by atoms with E-state index in [0.717, 1.165) is 19.4 Å². The van der Waals surface area contributed by atoms with Crippen molar-refractivity contribution >= 4 is 11.6 Å². The van der Waals surface area contributed by atoms with Gasteiger partial charge in [-0.3, -0.25) is 0 Å². The van der Waals surface area contributed by atoms with Crippen LogP contribution < -0.4 is 10.1 Å². The van der Waals surface area contributed by atoms with Gasteiger partial charge in [0.25, 0.3) is 0 Å². The number of hydrogen-bond acceptors (Lipinski definition) is 3. The molecular formula is C16H23ClFNO2. The number of benzene rings is 1. The van der Waals surface area contributed by atoms with E-state index < -0.39 is 5.82 Å². The second-order valence-electron chi connectivity index (χ2n) is 6.48. The van der Waals surface area contributed by atoms with Crippen molar-refractivity contribution in [3.63, 3.8) is 0 Å². The summed E-state index contributed by atoms with van der Waals surface area (Å²) in [6, 6.07) is 4.38. The maximum atomic E-state index is 13.1. The summed E-state index contributed by atoms with van der Waals surface area (Å²) < 4.78 is 24.6. The first-order valence-electron chi connectivity index (χ1n) is 7.32. The lowest BCUT2D eigenvalue weighted by molar-refractivity contribution is 0.0162. The Morgan fingerprint density at radius 2 is 2.05 bits per heavy atom. The quantitative estimate of drug-likeness (QED) is 0.896. The smallest absolute Gasteiger partial charge is 0.142 e. The second kappa shape index (κ2) is 6.95. The van der Waals surface area contributed by atoms with Gasteiger partial charge in [-0.2, -0.15) is 0 Å². The lowest BCUT2D eigenvalue weighted by atomic mass is 10.1. The van der Waals surface area contributed by atoms with Crippen molar-refractivity contribution in [2.75, 3.05) is 13.2 Å². The van der Waals surface area contributed by atoms with Gasteiger partial charge in [0.05, 0.1) is 17.2 Å². The Balaban J connectivity index is 1.74. The van der Waals surface area contributed by atoms with E-state index in [0.29, 0.717) is 12.4 Å². The van der Waals surface area contributed by atoms with E-state index >= 15 is 0 Å². The van der Waals surface area contributed by atoms with Crippen LogP contribution in [0.2, 0.25) is 5.02 Å². The SMILES string of the molecule is CC(C)(C)NCC1CCC(COc2ccc(F)c(Cl)c2)O1. The van der Waals surface area contributed by atoms with Crippen LogP contribution in [0.5, 0.6) is 5.75 Å². The molecule has 1 aromatic rings. The van der Waals surface area contributed by atoms with Gasteiger partial charge >= 0.3 is 0 Å². The van der Waals surface area contributed by atoms with Gasteiger partial charge in [-0.05, 0) is 45.7 Å². The fourth-order valence-corrected chi connectivity index (χ4v) is 2.40. The minimum atomic E-state index is -0.436. The highest BCUT2D eigenvalue weighted by Gasteiger charge is 2.26. The Bertz CT molecular complexity index is 476. The minimum absolute atomic E-state index is 0.0760. The average molecular weight is 316 g/mol. The third-order valence-corrected chi connectivity index (χ3v) is 3.67. The molecule has 5 heteroatoms. The van der Waals surface area contributed by atoms with Crippen molar-refractivity contribution < 1.29 is 13.9 Å². The van der Waals surface area contributed by atoms with Crippen molar-refractivity contribution in [1.29, 1.82) is 0 Å². The van der Waals surface area contributed by atoms with Crippen molar-refractivity contribution in [3.05, 3.63) is 29.0 Å². The number of ether oxygens (including phenoxy) is 2. The maximum absolute atomic E-state index is 13.1. The Hall–Kier alpha value is -0.840. The van der Waals surface area contributed by atoms with E-state index in [1.54, 1.807) is 6.07 Å². The Morgan fingerprint density at radius 3 is 2.71 bits per heavy atom. The predicted octanol–water partition coefficient (Wildman–Crippen LogP) is 3.79. The van der Waals surface area contributed by atoms with E-state index in [1.807, 2.05) is 0 Å². The summed E-state index contributed by atoms with van der Waals surface area (Å²) in [5.74, 6) is 0.135. The monoisotopic (exact) mass is 315 g/mol. The molecule has 21 heavy (non-hydrogen) atoms. The van der Waals surface area contributed by atoms with Crippen LogP contribution in [0.3, 0.4) is 0 Å².